The molecule has 5 heteroatoms. The molecule has 0 saturated carbocycles. The van der Waals surface area contributed by atoms with Crippen molar-refractivity contribution in [1.29, 1.82) is 0 Å². The Morgan fingerprint density at radius 3 is 3.15 bits per heavy atom. The molecule has 1 aliphatic rings. The molecule has 1 fully saturated rings. The van der Waals surface area contributed by atoms with E-state index in [9.17, 15) is 4.79 Å². The van der Waals surface area contributed by atoms with E-state index >= 15 is 0 Å². The van der Waals surface area contributed by atoms with E-state index in [0.717, 1.165) is 31.6 Å². The molecule has 0 radical (unpaired) electrons. The van der Waals surface area contributed by atoms with E-state index in [2.05, 4.69) is 5.32 Å². The third-order valence-corrected chi connectivity index (χ3v) is 3.27. The zero-order valence-corrected chi connectivity index (χ0v) is 11.6. The molecule has 0 bridgehead atoms. The van der Waals surface area contributed by atoms with E-state index in [1.165, 1.54) is 0 Å². The van der Waals surface area contributed by atoms with Gasteiger partial charge in [0, 0.05) is 24.8 Å². The van der Waals surface area contributed by atoms with Crippen molar-refractivity contribution in [3.05, 3.63) is 24.3 Å². The van der Waals surface area contributed by atoms with Crippen LogP contribution in [0.3, 0.4) is 0 Å². The average molecular weight is 278 g/mol. The summed E-state index contributed by atoms with van der Waals surface area (Å²) < 4.78 is 11.0. The maximum Gasteiger partial charge on any atom is 0.220 e. The minimum atomic E-state index is 0.0525. The number of nitrogens with one attached hydrogen (secondary N) is 1. The first-order valence-electron chi connectivity index (χ1n) is 7.10. The van der Waals surface area contributed by atoms with Gasteiger partial charge in [-0.3, -0.25) is 4.79 Å². The van der Waals surface area contributed by atoms with Crippen molar-refractivity contribution in [3.63, 3.8) is 0 Å². The van der Waals surface area contributed by atoms with Gasteiger partial charge in [0.1, 0.15) is 12.4 Å². The number of nitrogen functional groups attached to an aromatic ring is 1. The Morgan fingerprint density at radius 1 is 1.50 bits per heavy atom. The number of carbonyl (C=O) groups excluding carboxylic acids is 1. The number of anilines is 1. The van der Waals surface area contributed by atoms with Crippen LogP contribution in [0.5, 0.6) is 5.75 Å². The third kappa shape index (κ3) is 5.09. The Kier molecular flexibility index (Phi) is 5.68. The Hall–Kier alpha value is -1.75. The predicted octanol–water partition coefficient (Wildman–Crippen LogP) is 1.72. The monoisotopic (exact) mass is 278 g/mol. The molecule has 1 aromatic rings. The lowest BCUT2D eigenvalue weighted by Gasteiger charge is -2.10. The summed E-state index contributed by atoms with van der Waals surface area (Å²) in [6.45, 7) is 1.77. The molecule has 1 aliphatic heterocycles. The number of carbonyl (C=O) groups is 1. The fraction of sp³-hybridized carbons (Fsp3) is 0.533. The van der Waals surface area contributed by atoms with Crippen LogP contribution in [0.25, 0.3) is 0 Å². The lowest BCUT2D eigenvalue weighted by atomic mass is 10.1. The molecule has 5 nitrogen and oxygen atoms in total. The molecule has 0 aromatic heterocycles. The summed E-state index contributed by atoms with van der Waals surface area (Å²) in [6.07, 6.45) is 3.78. The van der Waals surface area contributed by atoms with Crippen molar-refractivity contribution in [2.45, 2.75) is 31.8 Å². The minimum Gasteiger partial charge on any atom is -0.492 e. The van der Waals surface area contributed by atoms with Gasteiger partial charge in [0.2, 0.25) is 5.91 Å². The second-order valence-corrected chi connectivity index (χ2v) is 4.94. The topological polar surface area (TPSA) is 73.6 Å². The minimum absolute atomic E-state index is 0.0525. The van der Waals surface area contributed by atoms with E-state index in [-0.39, 0.29) is 12.0 Å². The van der Waals surface area contributed by atoms with Crippen molar-refractivity contribution >= 4 is 11.6 Å². The summed E-state index contributed by atoms with van der Waals surface area (Å²) >= 11 is 0. The first kappa shape index (κ1) is 14.7. The van der Waals surface area contributed by atoms with E-state index < -0.39 is 0 Å². The van der Waals surface area contributed by atoms with Gasteiger partial charge in [0.25, 0.3) is 0 Å². The molecule has 0 aliphatic carbocycles. The molecule has 1 heterocycles. The van der Waals surface area contributed by atoms with Gasteiger partial charge in [0.15, 0.2) is 0 Å². The number of amides is 1. The number of nitrogens with two attached hydrogens (primary N) is 1. The van der Waals surface area contributed by atoms with Gasteiger partial charge in [-0.2, -0.15) is 0 Å². The second kappa shape index (κ2) is 7.75. The first-order valence-corrected chi connectivity index (χ1v) is 7.10. The first-order chi connectivity index (χ1) is 9.74. The summed E-state index contributed by atoms with van der Waals surface area (Å²) in [5.41, 5.74) is 6.32. The highest BCUT2D eigenvalue weighted by Gasteiger charge is 2.16. The fourth-order valence-corrected chi connectivity index (χ4v) is 2.22. The normalized spacial score (nSPS) is 17.9. The molecule has 1 unspecified atom stereocenters. The zero-order chi connectivity index (χ0) is 14.2. The Bertz CT molecular complexity index is 431. The van der Waals surface area contributed by atoms with Crippen LogP contribution in [-0.4, -0.2) is 31.8 Å². The van der Waals surface area contributed by atoms with E-state index in [4.69, 9.17) is 15.2 Å². The summed E-state index contributed by atoms with van der Waals surface area (Å²) in [7, 11) is 0. The Morgan fingerprint density at radius 2 is 2.40 bits per heavy atom. The van der Waals surface area contributed by atoms with Gasteiger partial charge in [-0.05, 0) is 31.4 Å². The lowest BCUT2D eigenvalue weighted by molar-refractivity contribution is -0.121. The summed E-state index contributed by atoms with van der Waals surface area (Å²) in [5.74, 6) is 0.773. The van der Waals surface area contributed by atoms with Crippen LogP contribution < -0.4 is 15.8 Å². The molecule has 20 heavy (non-hydrogen) atoms. The van der Waals surface area contributed by atoms with E-state index in [1.54, 1.807) is 12.1 Å². The van der Waals surface area contributed by atoms with Gasteiger partial charge in [-0.15, -0.1) is 0 Å². The average Bonchev–Trinajstić information content (AvgIpc) is 2.95. The van der Waals surface area contributed by atoms with Crippen LogP contribution in [-0.2, 0) is 9.53 Å². The number of hydrogen-bond donors (Lipinski definition) is 2. The van der Waals surface area contributed by atoms with E-state index in [1.807, 2.05) is 12.1 Å². The van der Waals surface area contributed by atoms with Crippen LogP contribution in [0.2, 0.25) is 0 Å². The van der Waals surface area contributed by atoms with Crippen molar-refractivity contribution in [2.75, 3.05) is 25.5 Å². The highest BCUT2D eigenvalue weighted by molar-refractivity contribution is 5.75. The number of benzene rings is 1. The Balaban J connectivity index is 1.55. The third-order valence-electron chi connectivity index (χ3n) is 3.27. The van der Waals surface area contributed by atoms with Crippen LogP contribution in [0.4, 0.5) is 5.69 Å². The van der Waals surface area contributed by atoms with Crippen LogP contribution in [0, 0.1) is 0 Å². The molecule has 3 N–H and O–H groups in total. The van der Waals surface area contributed by atoms with E-state index in [0.29, 0.717) is 25.3 Å². The highest BCUT2D eigenvalue weighted by atomic mass is 16.5. The van der Waals surface area contributed by atoms with Gasteiger partial charge >= 0.3 is 0 Å². The second-order valence-electron chi connectivity index (χ2n) is 4.94. The standard InChI is InChI=1S/C15H22N2O3/c16-12-3-1-4-14(11-12)20-10-8-17-15(18)7-6-13-5-2-9-19-13/h1,3-4,11,13H,2,5-10,16H2,(H,17,18). The van der Waals surface area contributed by atoms with Gasteiger partial charge in [-0.1, -0.05) is 6.07 Å². The largest absolute Gasteiger partial charge is 0.492 e. The molecule has 1 amide bonds. The molecule has 2 rings (SSSR count). The van der Waals surface area contributed by atoms with Crippen molar-refractivity contribution in [1.82, 2.24) is 5.32 Å². The predicted molar refractivity (Wildman–Crippen MR) is 77.6 cm³/mol. The van der Waals surface area contributed by atoms with Crippen molar-refractivity contribution < 1.29 is 14.3 Å². The Labute approximate surface area is 119 Å². The van der Waals surface area contributed by atoms with Crippen LogP contribution in [0.1, 0.15) is 25.7 Å². The summed E-state index contributed by atoms with van der Waals surface area (Å²) in [4.78, 5) is 11.6. The molecule has 1 saturated heterocycles. The van der Waals surface area contributed by atoms with Crippen LogP contribution in [0.15, 0.2) is 24.3 Å². The molecule has 1 aromatic carbocycles. The SMILES string of the molecule is Nc1cccc(OCCNC(=O)CCC2CCCO2)c1. The molecular formula is C15H22N2O3. The maximum atomic E-state index is 11.6. The molecule has 1 atom stereocenters. The zero-order valence-electron chi connectivity index (χ0n) is 11.6. The molecular weight excluding hydrogens is 256 g/mol. The van der Waals surface area contributed by atoms with Crippen LogP contribution >= 0.6 is 0 Å². The summed E-state index contributed by atoms with van der Waals surface area (Å²) in [6, 6.07) is 7.25. The van der Waals surface area contributed by atoms with Gasteiger partial charge < -0.3 is 20.5 Å². The van der Waals surface area contributed by atoms with Crippen molar-refractivity contribution in [2.24, 2.45) is 0 Å². The number of ether oxygens (including phenoxy) is 2. The highest BCUT2D eigenvalue weighted by Crippen LogP contribution is 2.16. The van der Waals surface area contributed by atoms with Gasteiger partial charge in [-0.25, -0.2) is 0 Å². The quantitative estimate of drug-likeness (QED) is 0.588. The fourth-order valence-electron chi connectivity index (χ4n) is 2.22. The molecule has 0 spiro atoms. The maximum absolute atomic E-state index is 11.6. The number of hydrogen-bond acceptors (Lipinski definition) is 4. The smallest absolute Gasteiger partial charge is 0.220 e. The van der Waals surface area contributed by atoms with Gasteiger partial charge in [0.05, 0.1) is 12.6 Å². The lowest BCUT2D eigenvalue weighted by Crippen LogP contribution is -2.28. The van der Waals surface area contributed by atoms with Crippen molar-refractivity contribution in [3.8, 4) is 5.75 Å². The summed E-state index contributed by atoms with van der Waals surface area (Å²) in [5, 5.41) is 2.84. The number of rotatable bonds is 7. The molecule has 110 valence electrons.